The zero-order chi connectivity index (χ0) is 16.9. The minimum absolute atomic E-state index is 0.0233. The van der Waals surface area contributed by atoms with Crippen LogP contribution in [0, 0.1) is 6.92 Å². The molecule has 5 nitrogen and oxygen atoms in total. The minimum Gasteiger partial charge on any atom is -0.497 e. The van der Waals surface area contributed by atoms with Crippen LogP contribution in [0.4, 0.5) is 0 Å². The molecule has 0 aliphatic carbocycles. The number of oxime groups is 1. The van der Waals surface area contributed by atoms with E-state index in [9.17, 15) is 8.42 Å². The molecule has 0 saturated heterocycles. The van der Waals surface area contributed by atoms with Crippen molar-refractivity contribution >= 4 is 26.9 Å². The van der Waals surface area contributed by atoms with E-state index in [1.54, 1.807) is 19.1 Å². The van der Waals surface area contributed by atoms with Crippen LogP contribution in [-0.2, 0) is 14.4 Å². The predicted octanol–water partition coefficient (Wildman–Crippen LogP) is 3.83. The lowest BCUT2D eigenvalue weighted by atomic mass is 10.2. The lowest BCUT2D eigenvalue weighted by Crippen LogP contribution is -2.03. The number of hydrogen-bond acceptors (Lipinski definition) is 6. The molecule has 7 heteroatoms. The average Bonchev–Trinajstić information content (AvgIpc) is 2.55. The van der Waals surface area contributed by atoms with Gasteiger partial charge in [-0.2, -0.15) is 8.42 Å². The maximum atomic E-state index is 12.1. The van der Waals surface area contributed by atoms with Crippen molar-refractivity contribution in [3.63, 3.8) is 0 Å². The van der Waals surface area contributed by atoms with E-state index in [-0.39, 0.29) is 4.90 Å². The molecule has 23 heavy (non-hydrogen) atoms. The second-order valence-corrected chi connectivity index (χ2v) is 7.52. The van der Waals surface area contributed by atoms with Gasteiger partial charge in [0.25, 0.3) is 0 Å². The first-order chi connectivity index (χ1) is 10.9. The van der Waals surface area contributed by atoms with Gasteiger partial charge in [-0.25, -0.2) is 0 Å². The summed E-state index contributed by atoms with van der Waals surface area (Å²) in [7, 11) is -2.43. The second kappa shape index (κ2) is 7.52. The highest BCUT2D eigenvalue weighted by molar-refractivity contribution is 8.13. The van der Waals surface area contributed by atoms with E-state index in [1.165, 1.54) is 31.0 Å². The summed E-state index contributed by atoms with van der Waals surface area (Å²) >= 11 is 1.33. The maximum Gasteiger partial charge on any atom is 0.358 e. The fourth-order valence-electron chi connectivity index (χ4n) is 1.68. The number of methoxy groups -OCH3 is 1. The summed E-state index contributed by atoms with van der Waals surface area (Å²) in [6, 6.07) is 13.8. The Hall–Kier alpha value is -1.99. The number of aryl methyl sites for hydroxylation is 1. The first-order valence-electron chi connectivity index (χ1n) is 6.77. The van der Waals surface area contributed by atoms with Crippen LogP contribution in [0.3, 0.4) is 0 Å². The lowest BCUT2D eigenvalue weighted by Gasteiger charge is -2.04. The summed E-state index contributed by atoms with van der Waals surface area (Å²) in [4.78, 5) is 0.984. The van der Waals surface area contributed by atoms with Crippen LogP contribution in [0.2, 0.25) is 0 Å². The van der Waals surface area contributed by atoms with Gasteiger partial charge in [-0.15, -0.1) is 0 Å². The minimum atomic E-state index is -3.94. The Kier molecular flexibility index (Phi) is 5.68. The van der Waals surface area contributed by atoms with Crippen LogP contribution < -0.4 is 4.74 Å². The predicted molar refractivity (Wildman–Crippen MR) is 91.4 cm³/mol. The van der Waals surface area contributed by atoms with Gasteiger partial charge in [0.15, 0.2) is 0 Å². The first kappa shape index (κ1) is 17.4. The molecule has 122 valence electrons. The normalized spacial score (nSPS) is 12.0. The van der Waals surface area contributed by atoms with Crippen LogP contribution in [0.25, 0.3) is 0 Å². The molecular formula is C16H17NO4S2. The fraction of sp³-hybridized carbons (Fsp3) is 0.188. The Morgan fingerprint density at radius 3 is 2.22 bits per heavy atom. The van der Waals surface area contributed by atoms with Crippen molar-refractivity contribution in [1.82, 2.24) is 0 Å². The summed E-state index contributed by atoms with van der Waals surface area (Å²) in [5.41, 5.74) is 1.15. The number of benzene rings is 2. The van der Waals surface area contributed by atoms with Crippen LogP contribution in [0.1, 0.15) is 12.5 Å². The van der Waals surface area contributed by atoms with Gasteiger partial charge in [-0.3, -0.25) is 4.28 Å². The molecule has 0 atom stereocenters. The number of hydrogen-bond donors (Lipinski definition) is 0. The Morgan fingerprint density at radius 1 is 1.04 bits per heavy atom. The van der Waals surface area contributed by atoms with E-state index in [4.69, 9.17) is 9.02 Å². The summed E-state index contributed by atoms with van der Waals surface area (Å²) in [5.74, 6) is 0.568. The van der Waals surface area contributed by atoms with Gasteiger partial charge in [0.2, 0.25) is 0 Å². The summed E-state index contributed by atoms with van der Waals surface area (Å²) in [6.07, 6.45) is 0. The highest BCUT2D eigenvalue weighted by Gasteiger charge is 2.16. The third-order valence-electron chi connectivity index (χ3n) is 2.90. The first-order valence-corrected chi connectivity index (χ1v) is 9.00. The SMILES string of the molecule is COc1ccc(S(=O)(=O)ON=C(C)Sc2ccc(C)cc2)cc1. The molecule has 0 aromatic heterocycles. The quantitative estimate of drug-likeness (QED) is 0.354. The standard InChI is InChI=1S/C16H17NO4S2/c1-12-4-8-15(9-5-12)22-13(2)17-21-23(18,19)16-10-6-14(20-3)7-11-16/h4-11H,1-3H3. The van der Waals surface area contributed by atoms with Crippen LogP contribution in [0.5, 0.6) is 5.75 Å². The molecule has 0 N–H and O–H groups in total. The average molecular weight is 351 g/mol. The Balaban J connectivity index is 2.05. The summed E-state index contributed by atoms with van der Waals surface area (Å²) in [5, 5.41) is 4.18. The van der Waals surface area contributed by atoms with Gasteiger partial charge in [0.1, 0.15) is 15.7 Å². The molecule has 2 rings (SSSR count). The molecule has 0 aliphatic rings. The molecule has 0 heterocycles. The Morgan fingerprint density at radius 2 is 1.65 bits per heavy atom. The van der Waals surface area contributed by atoms with Crippen LogP contribution in [0.15, 0.2) is 63.5 Å². The summed E-state index contributed by atoms with van der Waals surface area (Å²) in [6.45, 7) is 3.69. The van der Waals surface area contributed by atoms with Crippen molar-refractivity contribution in [2.45, 2.75) is 23.6 Å². The van der Waals surface area contributed by atoms with Gasteiger partial charge in [0.05, 0.1) is 7.11 Å². The zero-order valence-corrected chi connectivity index (χ0v) is 14.6. The Bertz CT molecular complexity index is 782. The lowest BCUT2D eigenvalue weighted by molar-refractivity contribution is 0.340. The van der Waals surface area contributed by atoms with Crippen molar-refractivity contribution in [3.05, 3.63) is 54.1 Å². The molecule has 0 radical (unpaired) electrons. The third-order valence-corrected chi connectivity index (χ3v) is 4.90. The second-order valence-electron chi connectivity index (χ2n) is 4.73. The molecule has 2 aromatic carbocycles. The van der Waals surface area contributed by atoms with Crippen molar-refractivity contribution < 1.29 is 17.4 Å². The monoisotopic (exact) mass is 351 g/mol. The highest BCUT2D eigenvalue weighted by atomic mass is 32.2. The van der Waals surface area contributed by atoms with Gasteiger partial charge in [-0.1, -0.05) is 34.6 Å². The molecule has 2 aromatic rings. The number of ether oxygens (including phenoxy) is 1. The molecule has 0 aliphatic heterocycles. The van der Waals surface area contributed by atoms with E-state index in [2.05, 4.69) is 5.16 Å². The molecule has 0 saturated carbocycles. The van der Waals surface area contributed by atoms with Gasteiger partial charge in [0, 0.05) is 4.90 Å². The van der Waals surface area contributed by atoms with E-state index in [1.807, 2.05) is 31.2 Å². The number of rotatable bonds is 5. The largest absolute Gasteiger partial charge is 0.497 e. The number of thioether (sulfide) groups is 1. The molecule has 0 unspecified atom stereocenters. The molecule has 0 spiro atoms. The van der Waals surface area contributed by atoms with E-state index >= 15 is 0 Å². The van der Waals surface area contributed by atoms with E-state index < -0.39 is 10.1 Å². The number of nitrogens with zero attached hydrogens (tertiary/aromatic N) is 1. The topological polar surface area (TPSA) is 65.0 Å². The molecule has 0 amide bonds. The Labute approximate surface area is 140 Å². The van der Waals surface area contributed by atoms with E-state index in [0.717, 1.165) is 10.5 Å². The highest BCUT2D eigenvalue weighted by Crippen LogP contribution is 2.22. The van der Waals surface area contributed by atoms with Gasteiger partial charge >= 0.3 is 10.1 Å². The zero-order valence-electron chi connectivity index (χ0n) is 13.0. The summed E-state index contributed by atoms with van der Waals surface area (Å²) < 4.78 is 33.8. The molecule has 0 fully saturated rings. The molecular weight excluding hydrogens is 334 g/mol. The maximum absolute atomic E-state index is 12.1. The third kappa shape index (κ3) is 5.01. The van der Waals surface area contributed by atoms with Crippen molar-refractivity contribution in [2.24, 2.45) is 5.16 Å². The van der Waals surface area contributed by atoms with Gasteiger partial charge in [-0.05, 0) is 50.2 Å². The van der Waals surface area contributed by atoms with Crippen molar-refractivity contribution in [3.8, 4) is 5.75 Å². The fourth-order valence-corrected chi connectivity index (χ4v) is 3.18. The molecule has 0 bridgehead atoms. The van der Waals surface area contributed by atoms with Gasteiger partial charge < -0.3 is 4.74 Å². The van der Waals surface area contributed by atoms with Crippen molar-refractivity contribution in [1.29, 1.82) is 0 Å². The van der Waals surface area contributed by atoms with Crippen LogP contribution in [-0.4, -0.2) is 20.6 Å². The van der Waals surface area contributed by atoms with E-state index in [0.29, 0.717) is 10.8 Å². The van der Waals surface area contributed by atoms with Crippen LogP contribution >= 0.6 is 11.8 Å². The van der Waals surface area contributed by atoms with Crippen molar-refractivity contribution in [2.75, 3.05) is 7.11 Å². The smallest absolute Gasteiger partial charge is 0.358 e.